The lowest BCUT2D eigenvalue weighted by Crippen LogP contribution is -2.42. The molecule has 2 N–H and O–H groups in total. The topological polar surface area (TPSA) is 66.0 Å². The van der Waals surface area contributed by atoms with Crippen LogP contribution in [0.3, 0.4) is 0 Å². The van der Waals surface area contributed by atoms with E-state index in [9.17, 15) is 4.79 Å². The number of nitrogens with one attached hydrogen (secondary N) is 2. The van der Waals surface area contributed by atoms with E-state index in [0.29, 0.717) is 12.5 Å². The van der Waals surface area contributed by atoms with Crippen LogP contribution in [0, 0.1) is 5.92 Å². The highest BCUT2D eigenvalue weighted by atomic mass is 16.6. The Bertz CT molecular complexity index is 337. The van der Waals surface area contributed by atoms with E-state index in [1.54, 1.807) is 19.0 Å². The molecule has 0 rings (SSSR count). The van der Waals surface area contributed by atoms with Gasteiger partial charge in [-0.05, 0) is 33.1 Å². The Labute approximate surface area is 129 Å². The van der Waals surface area contributed by atoms with Gasteiger partial charge in [-0.1, -0.05) is 13.8 Å². The molecule has 1 amide bonds. The smallest absolute Gasteiger partial charge is 0.410 e. The predicted octanol–water partition coefficient (Wildman–Crippen LogP) is 2.06. The van der Waals surface area contributed by atoms with Gasteiger partial charge in [0.2, 0.25) is 0 Å². The largest absolute Gasteiger partial charge is 0.444 e. The number of amides is 1. The molecule has 6 nitrogen and oxygen atoms in total. The average molecular weight is 300 g/mol. The average Bonchev–Trinajstić information content (AvgIpc) is 2.36. The quantitative estimate of drug-likeness (QED) is 0.582. The van der Waals surface area contributed by atoms with Crippen molar-refractivity contribution in [3.63, 3.8) is 0 Å². The summed E-state index contributed by atoms with van der Waals surface area (Å²) in [6.07, 6.45) is 0.764. The van der Waals surface area contributed by atoms with E-state index < -0.39 is 5.60 Å². The van der Waals surface area contributed by atoms with Crippen LogP contribution in [-0.4, -0.2) is 56.3 Å². The van der Waals surface area contributed by atoms with Crippen molar-refractivity contribution in [1.82, 2.24) is 15.5 Å². The fourth-order valence-electron chi connectivity index (χ4n) is 1.68. The standard InChI is InChI=1S/C15H32N4O2/c1-8-9-17-13(16-6)18-10-12(2)11-19(7)14(20)21-15(3,4)5/h12H,8-11H2,1-7H3,(H2,16,17,18). The van der Waals surface area contributed by atoms with E-state index in [1.165, 1.54) is 0 Å². The number of ether oxygens (including phenoxy) is 1. The maximum atomic E-state index is 11.9. The molecule has 0 saturated heterocycles. The van der Waals surface area contributed by atoms with E-state index in [-0.39, 0.29) is 6.09 Å². The monoisotopic (exact) mass is 300 g/mol. The van der Waals surface area contributed by atoms with Crippen LogP contribution in [0.4, 0.5) is 4.79 Å². The van der Waals surface area contributed by atoms with Crippen molar-refractivity contribution in [3.8, 4) is 0 Å². The van der Waals surface area contributed by atoms with Crippen LogP contribution in [0.25, 0.3) is 0 Å². The Morgan fingerprint density at radius 3 is 2.43 bits per heavy atom. The summed E-state index contributed by atoms with van der Waals surface area (Å²) < 4.78 is 5.33. The van der Waals surface area contributed by atoms with E-state index in [2.05, 4.69) is 29.5 Å². The van der Waals surface area contributed by atoms with Crippen LogP contribution in [0.15, 0.2) is 4.99 Å². The molecule has 0 radical (unpaired) electrons. The number of carbonyl (C=O) groups is 1. The third-order valence-electron chi connectivity index (χ3n) is 2.67. The molecule has 0 aliphatic carbocycles. The molecular weight excluding hydrogens is 268 g/mol. The third kappa shape index (κ3) is 9.98. The van der Waals surface area contributed by atoms with Gasteiger partial charge < -0.3 is 20.3 Å². The van der Waals surface area contributed by atoms with Crippen molar-refractivity contribution in [2.75, 3.05) is 33.7 Å². The van der Waals surface area contributed by atoms with Crippen LogP contribution in [-0.2, 0) is 4.74 Å². The number of aliphatic imine (C=N–C) groups is 1. The summed E-state index contributed by atoms with van der Waals surface area (Å²) >= 11 is 0. The highest BCUT2D eigenvalue weighted by molar-refractivity contribution is 5.79. The number of hydrogen-bond acceptors (Lipinski definition) is 3. The predicted molar refractivity (Wildman–Crippen MR) is 87.7 cm³/mol. The van der Waals surface area contributed by atoms with Crippen molar-refractivity contribution in [3.05, 3.63) is 0 Å². The van der Waals surface area contributed by atoms with E-state index >= 15 is 0 Å². The zero-order valence-corrected chi connectivity index (χ0v) is 14.6. The minimum Gasteiger partial charge on any atom is -0.444 e. The number of nitrogens with zero attached hydrogens (tertiary/aromatic N) is 2. The van der Waals surface area contributed by atoms with Gasteiger partial charge in [-0.3, -0.25) is 4.99 Å². The van der Waals surface area contributed by atoms with E-state index in [1.807, 2.05) is 20.8 Å². The van der Waals surface area contributed by atoms with Crippen LogP contribution < -0.4 is 10.6 Å². The van der Waals surface area contributed by atoms with Gasteiger partial charge in [-0.2, -0.15) is 0 Å². The summed E-state index contributed by atoms with van der Waals surface area (Å²) in [6.45, 7) is 12.1. The first-order valence-corrected chi connectivity index (χ1v) is 7.58. The molecule has 0 bridgehead atoms. The molecule has 0 heterocycles. The van der Waals surface area contributed by atoms with Crippen LogP contribution in [0.2, 0.25) is 0 Å². The molecule has 0 saturated carbocycles. The number of rotatable bonds is 6. The Hall–Kier alpha value is -1.46. The molecule has 0 aliphatic heterocycles. The zero-order chi connectivity index (χ0) is 16.5. The Morgan fingerprint density at radius 1 is 1.33 bits per heavy atom. The first kappa shape index (κ1) is 19.5. The van der Waals surface area contributed by atoms with Gasteiger partial charge in [0, 0.05) is 33.7 Å². The highest BCUT2D eigenvalue weighted by Crippen LogP contribution is 2.10. The summed E-state index contributed by atoms with van der Waals surface area (Å²) in [6, 6.07) is 0. The molecule has 21 heavy (non-hydrogen) atoms. The normalized spacial score (nSPS) is 13.6. The van der Waals surface area contributed by atoms with Crippen molar-refractivity contribution in [1.29, 1.82) is 0 Å². The van der Waals surface area contributed by atoms with Crippen molar-refractivity contribution >= 4 is 12.1 Å². The molecule has 124 valence electrons. The zero-order valence-electron chi connectivity index (χ0n) is 14.6. The molecule has 1 unspecified atom stereocenters. The van der Waals surface area contributed by atoms with Gasteiger partial charge >= 0.3 is 6.09 Å². The van der Waals surface area contributed by atoms with Gasteiger partial charge in [0.25, 0.3) is 0 Å². The number of hydrogen-bond donors (Lipinski definition) is 2. The summed E-state index contributed by atoms with van der Waals surface area (Å²) in [4.78, 5) is 17.6. The first-order valence-electron chi connectivity index (χ1n) is 7.58. The van der Waals surface area contributed by atoms with Crippen LogP contribution in [0.5, 0.6) is 0 Å². The maximum Gasteiger partial charge on any atom is 0.410 e. The molecule has 0 aromatic heterocycles. The van der Waals surface area contributed by atoms with Crippen LogP contribution >= 0.6 is 0 Å². The van der Waals surface area contributed by atoms with Gasteiger partial charge in [-0.25, -0.2) is 4.79 Å². The summed E-state index contributed by atoms with van der Waals surface area (Å²) in [7, 11) is 3.51. The SMILES string of the molecule is CCCNC(=NC)NCC(C)CN(C)C(=O)OC(C)(C)C. The van der Waals surface area contributed by atoms with Gasteiger partial charge in [0.05, 0.1) is 0 Å². The number of carbonyl (C=O) groups excluding carboxylic acids is 1. The fourth-order valence-corrected chi connectivity index (χ4v) is 1.68. The second-order valence-corrected chi connectivity index (χ2v) is 6.35. The van der Waals surface area contributed by atoms with Gasteiger partial charge in [-0.15, -0.1) is 0 Å². The first-order chi connectivity index (χ1) is 9.69. The highest BCUT2D eigenvalue weighted by Gasteiger charge is 2.20. The molecule has 0 aromatic carbocycles. The Morgan fingerprint density at radius 2 is 1.95 bits per heavy atom. The molecule has 6 heteroatoms. The molecule has 0 aliphatic rings. The lowest BCUT2D eigenvalue weighted by molar-refractivity contribution is 0.0278. The third-order valence-corrected chi connectivity index (χ3v) is 2.67. The minimum atomic E-state index is -0.459. The van der Waals surface area contributed by atoms with Gasteiger partial charge in [0.15, 0.2) is 5.96 Å². The lowest BCUT2D eigenvalue weighted by Gasteiger charge is -2.26. The molecule has 0 fully saturated rings. The fraction of sp³-hybridized carbons (Fsp3) is 0.867. The summed E-state index contributed by atoms with van der Waals surface area (Å²) in [5, 5.41) is 6.47. The molecule has 1 atom stereocenters. The summed E-state index contributed by atoms with van der Waals surface area (Å²) in [5.74, 6) is 1.09. The number of guanidine groups is 1. The van der Waals surface area contributed by atoms with Gasteiger partial charge in [0.1, 0.15) is 5.60 Å². The van der Waals surface area contributed by atoms with E-state index in [0.717, 1.165) is 25.5 Å². The lowest BCUT2D eigenvalue weighted by atomic mass is 10.1. The Balaban J connectivity index is 4.13. The van der Waals surface area contributed by atoms with Crippen molar-refractivity contribution in [2.24, 2.45) is 10.9 Å². The molecular formula is C15H32N4O2. The maximum absolute atomic E-state index is 11.9. The summed E-state index contributed by atoms with van der Waals surface area (Å²) in [5.41, 5.74) is -0.459. The second kappa shape index (κ2) is 9.47. The second-order valence-electron chi connectivity index (χ2n) is 6.35. The van der Waals surface area contributed by atoms with Crippen molar-refractivity contribution in [2.45, 2.75) is 46.6 Å². The molecule has 0 aromatic rings. The Kier molecular flexibility index (Phi) is 8.81. The van der Waals surface area contributed by atoms with Crippen molar-refractivity contribution < 1.29 is 9.53 Å². The van der Waals surface area contributed by atoms with E-state index in [4.69, 9.17) is 4.74 Å². The minimum absolute atomic E-state index is 0.289. The molecule has 0 spiro atoms. The van der Waals surface area contributed by atoms with Crippen LogP contribution in [0.1, 0.15) is 41.0 Å².